The highest BCUT2D eigenvalue weighted by molar-refractivity contribution is 5.93. The maximum Gasteiger partial charge on any atom is 0.340 e. The van der Waals surface area contributed by atoms with Crippen molar-refractivity contribution in [2.24, 2.45) is 11.5 Å². The SMILES string of the molecule is COC[C@@H](N)c1cnc(OC)c2cnc(Cc3ccc4c(n3)[C@@H](C)C(C)(C)OC4=O)cc12.COC[C@H](N)c1cnc(OC)c2cnc(Cc3ccc4c(n3)[C@@H](C)C(C)(C)OC4=O)cc12. The fourth-order valence-corrected chi connectivity index (χ4v) is 8.03. The van der Waals surface area contributed by atoms with Gasteiger partial charge in [-0.05, 0) is 86.0 Å². The zero-order chi connectivity index (χ0) is 46.1. The van der Waals surface area contributed by atoms with Crippen LogP contribution in [-0.4, -0.2) is 94.7 Å². The maximum absolute atomic E-state index is 12.4. The third kappa shape index (κ3) is 9.09. The van der Waals surface area contributed by atoms with Crippen molar-refractivity contribution in [2.45, 2.75) is 89.5 Å². The first-order valence-electron chi connectivity index (χ1n) is 21.1. The van der Waals surface area contributed by atoms with E-state index in [1.165, 1.54) is 0 Å². The van der Waals surface area contributed by atoms with Gasteiger partial charge in [0.05, 0.1) is 72.8 Å². The lowest BCUT2D eigenvalue weighted by Crippen LogP contribution is -2.39. The third-order valence-electron chi connectivity index (χ3n) is 12.3. The number of rotatable bonds is 12. The Morgan fingerprint density at radius 2 is 0.969 bits per heavy atom. The minimum atomic E-state index is -0.604. The van der Waals surface area contributed by atoms with E-state index in [1.54, 1.807) is 65.4 Å². The lowest BCUT2D eigenvalue weighted by Gasteiger charge is -2.36. The molecule has 2 aliphatic rings. The van der Waals surface area contributed by atoms with E-state index >= 15 is 0 Å². The topological polar surface area (TPSA) is 219 Å². The summed E-state index contributed by atoms with van der Waals surface area (Å²) in [7, 11) is 6.39. The number of hydrogen-bond acceptors (Lipinski definition) is 16. The number of carbonyl (C=O) groups excluding carboxylic acids is 2. The first-order chi connectivity index (χ1) is 30.5. The molecule has 0 fully saturated rings. The van der Waals surface area contributed by atoms with Crippen molar-refractivity contribution < 1.29 is 38.0 Å². The lowest BCUT2D eigenvalue weighted by atomic mass is 9.84. The van der Waals surface area contributed by atoms with Crippen LogP contribution in [0.4, 0.5) is 0 Å². The lowest BCUT2D eigenvalue weighted by molar-refractivity contribution is -0.0200. The number of pyridine rings is 6. The number of carbonyl (C=O) groups is 2. The van der Waals surface area contributed by atoms with Crippen molar-refractivity contribution in [3.8, 4) is 11.8 Å². The van der Waals surface area contributed by atoms with E-state index < -0.39 is 11.2 Å². The van der Waals surface area contributed by atoms with Gasteiger partial charge in [0.15, 0.2) is 0 Å². The van der Waals surface area contributed by atoms with Crippen molar-refractivity contribution in [3.63, 3.8) is 0 Å². The fraction of sp³-hybridized carbons (Fsp3) is 0.417. The summed E-state index contributed by atoms with van der Waals surface area (Å²) in [6.45, 7) is 12.4. The average molecular weight is 873 g/mol. The van der Waals surface area contributed by atoms with Crippen LogP contribution in [0, 0.1) is 0 Å². The van der Waals surface area contributed by atoms with Gasteiger partial charge in [0.1, 0.15) is 11.2 Å². The number of nitrogens with zero attached hydrogens (tertiary/aromatic N) is 6. The summed E-state index contributed by atoms with van der Waals surface area (Å²) in [5.74, 6) is 0.287. The van der Waals surface area contributed by atoms with Crippen molar-refractivity contribution >= 4 is 33.5 Å². The summed E-state index contributed by atoms with van der Waals surface area (Å²) in [5.41, 5.74) is 19.0. The molecule has 0 amide bonds. The van der Waals surface area contributed by atoms with Crippen LogP contribution >= 0.6 is 0 Å². The van der Waals surface area contributed by atoms with Crippen LogP contribution in [0.2, 0.25) is 0 Å². The van der Waals surface area contributed by atoms with Gasteiger partial charge in [-0.1, -0.05) is 13.8 Å². The number of cyclic esters (lactones) is 2. The Bertz CT molecular complexity index is 2540. The Morgan fingerprint density at radius 1 is 0.578 bits per heavy atom. The highest BCUT2D eigenvalue weighted by Gasteiger charge is 2.41. The summed E-state index contributed by atoms with van der Waals surface area (Å²) < 4.78 is 32.4. The number of ether oxygens (including phenoxy) is 6. The fourth-order valence-electron chi connectivity index (χ4n) is 8.03. The maximum atomic E-state index is 12.4. The normalized spacial score (nSPS) is 18.2. The summed E-state index contributed by atoms with van der Waals surface area (Å²) in [4.78, 5) is 52.3. The number of aromatic nitrogens is 6. The van der Waals surface area contributed by atoms with Crippen LogP contribution in [0.3, 0.4) is 0 Å². The molecular weight excluding hydrogens is 817 g/mol. The zero-order valence-corrected chi connectivity index (χ0v) is 38.0. The Kier molecular flexibility index (Phi) is 13.2. The Morgan fingerprint density at radius 3 is 1.33 bits per heavy atom. The molecule has 0 aromatic carbocycles. The largest absolute Gasteiger partial charge is 0.481 e. The number of methoxy groups -OCH3 is 4. The molecule has 8 heterocycles. The first-order valence-corrected chi connectivity index (χ1v) is 21.1. The molecule has 0 spiro atoms. The second-order valence-corrected chi connectivity index (χ2v) is 17.3. The average Bonchev–Trinajstić information content (AvgIpc) is 3.26. The number of hydrogen-bond donors (Lipinski definition) is 2. The van der Waals surface area contributed by atoms with Gasteiger partial charge in [0.2, 0.25) is 11.8 Å². The van der Waals surface area contributed by atoms with Crippen LogP contribution in [-0.2, 0) is 31.8 Å². The number of nitrogens with two attached hydrogens (primary N) is 2. The van der Waals surface area contributed by atoms with Crippen LogP contribution in [0.25, 0.3) is 21.5 Å². The zero-order valence-electron chi connectivity index (χ0n) is 38.0. The van der Waals surface area contributed by atoms with Gasteiger partial charge in [-0.3, -0.25) is 19.9 Å². The third-order valence-corrected chi connectivity index (χ3v) is 12.3. The van der Waals surface area contributed by atoms with Crippen LogP contribution in [0.5, 0.6) is 11.8 Å². The van der Waals surface area contributed by atoms with Crippen molar-refractivity contribution in [2.75, 3.05) is 41.7 Å². The number of esters is 2. The second-order valence-electron chi connectivity index (χ2n) is 17.3. The van der Waals surface area contributed by atoms with Gasteiger partial charge in [0, 0.05) is 86.5 Å². The van der Waals surface area contributed by atoms with E-state index in [9.17, 15) is 9.59 Å². The molecule has 64 heavy (non-hydrogen) atoms. The summed E-state index contributed by atoms with van der Waals surface area (Å²) >= 11 is 0. The molecule has 0 bridgehead atoms. The highest BCUT2D eigenvalue weighted by Crippen LogP contribution is 2.39. The molecule has 16 heteroatoms. The quantitative estimate of drug-likeness (QED) is 0.123. The molecule has 6 aromatic rings. The summed E-state index contributed by atoms with van der Waals surface area (Å²) in [6.07, 6.45) is 7.97. The smallest absolute Gasteiger partial charge is 0.340 e. The standard InChI is InChI=1S/2C24H28N4O4/c2*1-13-21-16(23(29)32-24(13,2)3)7-6-14(28-21)8-15-9-17-18(20(25)12-30-4)10-27-22(31-5)19(17)11-26-15/h2*6-7,9-11,13,20H,8,12,25H2,1-5H3/t13-,20+;13-,20-/m11/s1. The highest BCUT2D eigenvalue weighted by atomic mass is 16.6. The van der Waals surface area contributed by atoms with Gasteiger partial charge < -0.3 is 39.9 Å². The minimum Gasteiger partial charge on any atom is -0.481 e. The summed E-state index contributed by atoms with van der Waals surface area (Å²) in [5, 5.41) is 3.42. The van der Waals surface area contributed by atoms with Crippen LogP contribution in [0.1, 0.15) is 131 Å². The minimum absolute atomic E-state index is 0.0197. The molecule has 0 aliphatic carbocycles. The number of fused-ring (bicyclic) bond motifs is 4. The van der Waals surface area contributed by atoms with Gasteiger partial charge in [-0.2, -0.15) is 0 Å². The Hall–Kier alpha value is -6.20. The predicted molar refractivity (Wildman–Crippen MR) is 240 cm³/mol. The van der Waals surface area contributed by atoms with Crippen molar-refractivity contribution in [1.82, 2.24) is 29.9 Å². The molecule has 0 saturated carbocycles. The van der Waals surface area contributed by atoms with Gasteiger partial charge in [0.25, 0.3) is 0 Å². The van der Waals surface area contributed by atoms with Crippen molar-refractivity contribution in [1.29, 1.82) is 0 Å². The molecule has 8 rings (SSSR count). The molecule has 6 aromatic heterocycles. The monoisotopic (exact) mass is 872 g/mol. The Balaban J connectivity index is 0.000000191. The predicted octanol–water partition coefficient (Wildman–Crippen LogP) is 6.65. The molecule has 2 aliphatic heterocycles. The van der Waals surface area contributed by atoms with Crippen LogP contribution in [0.15, 0.2) is 61.2 Å². The van der Waals surface area contributed by atoms with Crippen LogP contribution < -0.4 is 20.9 Å². The van der Waals surface area contributed by atoms with E-state index in [4.69, 9.17) is 49.9 Å². The van der Waals surface area contributed by atoms with E-state index in [-0.39, 0.29) is 35.9 Å². The van der Waals surface area contributed by atoms with Gasteiger partial charge >= 0.3 is 11.9 Å². The second kappa shape index (κ2) is 18.5. The molecule has 0 radical (unpaired) electrons. The molecule has 4 N–H and O–H groups in total. The molecule has 4 atom stereocenters. The summed E-state index contributed by atoms with van der Waals surface area (Å²) in [6, 6.07) is 10.6. The van der Waals surface area contributed by atoms with E-state index in [0.717, 1.165) is 66.8 Å². The molecule has 0 unspecified atom stereocenters. The van der Waals surface area contributed by atoms with E-state index in [1.807, 2.05) is 65.8 Å². The van der Waals surface area contributed by atoms with Crippen molar-refractivity contribution in [3.05, 3.63) is 118 Å². The molecule has 336 valence electrons. The van der Waals surface area contributed by atoms with Gasteiger partial charge in [-0.15, -0.1) is 0 Å². The van der Waals surface area contributed by atoms with E-state index in [0.29, 0.717) is 48.9 Å². The van der Waals surface area contributed by atoms with E-state index in [2.05, 4.69) is 19.9 Å². The molecule has 0 saturated heterocycles. The molecule has 16 nitrogen and oxygen atoms in total. The van der Waals surface area contributed by atoms with Gasteiger partial charge in [-0.25, -0.2) is 19.6 Å². The Labute approximate surface area is 372 Å². The first kappa shape index (κ1) is 45.8. The molecular formula is C48H56N8O8.